The van der Waals surface area contributed by atoms with Crippen molar-refractivity contribution >= 4 is 29.2 Å². The molecule has 0 unspecified atom stereocenters. The van der Waals surface area contributed by atoms with Crippen LogP contribution < -0.4 is 5.32 Å². The highest BCUT2D eigenvalue weighted by molar-refractivity contribution is 6.33. The largest absolute Gasteiger partial charge is 0.452 e. The molecule has 0 aliphatic heterocycles. The standard InChI is InChI=1S/C15H9ClF3NO3/c16-11-5-8(17)1-3-10(11)15(22)23-7-14(21)20-13-6-9(18)2-4-12(13)19/h1-6H,7H2,(H,20,21). The lowest BCUT2D eigenvalue weighted by Crippen LogP contribution is -2.21. The first-order valence-electron chi connectivity index (χ1n) is 6.24. The van der Waals surface area contributed by atoms with Crippen molar-refractivity contribution in [2.75, 3.05) is 11.9 Å². The van der Waals surface area contributed by atoms with Crippen molar-refractivity contribution in [3.8, 4) is 0 Å². The average molecular weight is 344 g/mol. The van der Waals surface area contributed by atoms with Gasteiger partial charge >= 0.3 is 5.97 Å². The maximum atomic E-state index is 13.3. The van der Waals surface area contributed by atoms with Gasteiger partial charge in [0, 0.05) is 6.07 Å². The minimum absolute atomic E-state index is 0.127. The van der Waals surface area contributed by atoms with Gasteiger partial charge in [-0.3, -0.25) is 4.79 Å². The predicted molar refractivity (Wildman–Crippen MR) is 76.7 cm³/mol. The number of hydrogen-bond donors (Lipinski definition) is 1. The van der Waals surface area contributed by atoms with Gasteiger partial charge in [-0.1, -0.05) is 11.6 Å². The van der Waals surface area contributed by atoms with Gasteiger partial charge in [-0.25, -0.2) is 18.0 Å². The van der Waals surface area contributed by atoms with E-state index in [0.717, 1.165) is 36.4 Å². The maximum Gasteiger partial charge on any atom is 0.340 e. The summed E-state index contributed by atoms with van der Waals surface area (Å²) < 4.78 is 43.9. The van der Waals surface area contributed by atoms with Crippen LogP contribution in [0.4, 0.5) is 18.9 Å². The second-order valence-corrected chi connectivity index (χ2v) is 4.78. The number of benzene rings is 2. The minimum atomic E-state index is -0.954. The van der Waals surface area contributed by atoms with Crippen LogP contribution >= 0.6 is 11.6 Å². The number of ether oxygens (including phenoxy) is 1. The summed E-state index contributed by atoms with van der Waals surface area (Å²) in [6, 6.07) is 5.54. The first kappa shape index (κ1) is 16.8. The number of hydrogen-bond acceptors (Lipinski definition) is 3. The molecule has 0 heterocycles. The Hall–Kier alpha value is -2.54. The van der Waals surface area contributed by atoms with E-state index in [1.165, 1.54) is 0 Å². The van der Waals surface area contributed by atoms with E-state index in [1.807, 2.05) is 0 Å². The molecule has 23 heavy (non-hydrogen) atoms. The van der Waals surface area contributed by atoms with Crippen molar-refractivity contribution in [2.24, 2.45) is 0 Å². The van der Waals surface area contributed by atoms with Gasteiger partial charge in [-0.05, 0) is 30.3 Å². The summed E-state index contributed by atoms with van der Waals surface area (Å²) in [5.41, 5.74) is -0.510. The SMILES string of the molecule is O=C(COC(=O)c1ccc(F)cc1Cl)Nc1cc(F)ccc1F. The second-order valence-electron chi connectivity index (χ2n) is 4.37. The van der Waals surface area contributed by atoms with Gasteiger partial charge < -0.3 is 10.1 Å². The van der Waals surface area contributed by atoms with Gasteiger partial charge in [0.1, 0.15) is 17.5 Å². The van der Waals surface area contributed by atoms with E-state index in [-0.39, 0.29) is 16.3 Å². The number of carbonyl (C=O) groups excluding carboxylic acids is 2. The smallest absolute Gasteiger partial charge is 0.340 e. The third-order valence-electron chi connectivity index (χ3n) is 2.69. The number of amides is 1. The number of halogens is 4. The third kappa shape index (κ3) is 4.46. The zero-order valence-corrected chi connectivity index (χ0v) is 12.2. The summed E-state index contributed by atoms with van der Waals surface area (Å²) >= 11 is 5.68. The van der Waals surface area contributed by atoms with Crippen LogP contribution in [0.5, 0.6) is 0 Å². The number of rotatable bonds is 4. The van der Waals surface area contributed by atoms with Gasteiger partial charge in [-0.2, -0.15) is 0 Å². The molecule has 0 aliphatic rings. The Kier molecular flexibility index (Phi) is 5.23. The number of esters is 1. The molecule has 0 saturated carbocycles. The van der Waals surface area contributed by atoms with Crippen molar-refractivity contribution < 1.29 is 27.5 Å². The van der Waals surface area contributed by atoms with Gasteiger partial charge in [0.2, 0.25) is 0 Å². The number of nitrogens with one attached hydrogen (secondary N) is 1. The summed E-state index contributed by atoms with van der Waals surface area (Å²) in [5, 5.41) is 1.88. The molecule has 4 nitrogen and oxygen atoms in total. The predicted octanol–water partition coefficient (Wildman–Crippen LogP) is 3.55. The molecule has 0 aliphatic carbocycles. The van der Waals surface area contributed by atoms with Crippen LogP contribution in [0.1, 0.15) is 10.4 Å². The topological polar surface area (TPSA) is 55.4 Å². The molecule has 0 radical (unpaired) electrons. The molecule has 0 atom stereocenters. The Balaban J connectivity index is 1.96. The fraction of sp³-hybridized carbons (Fsp3) is 0.0667. The first-order chi connectivity index (χ1) is 10.9. The molecular formula is C15H9ClF3NO3. The van der Waals surface area contributed by atoms with Crippen LogP contribution in [0.3, 0.4) is 0 Å². The Morgan fingerprint density at radius 1 is 1.04 bits per heavy atom. The van der Waals surface area contributed by atoms with E-state index >= 15 is 0 Å². The molecule has 0 spiro atoms. The molecule has 2 rings (SSSR count). The number of anilines is 1. The van der Waals surface area contributed by atoms with Crippen molar-refractivity contribution in [1.82, 2.24) is 0 Å². The van der Waals surface area contributed by atoms with Gasteiger partial charge in [0.25, 0.3) is 5.91 Å². The van der Waals surface area contributed by atoms with Crippen molar-refractivity contribution in [3.05, 3.63) is 64.4 Å². The van der Waals surface area contributed by atoms with E-state index in [1.54, 1.807) is 0 Å². The van der Waals surface area contributed by atoms with Gasteiger partial charge in [0.15, 0.2) is 6.61 Å². The lowest BCUT2D eigenvalue weighted by atomic mass is 10.2. The quantitative estimate of drug-likeness (QED) is 0.864. The fourth-order valence-corrected chi connectivity index (χ4v) is 1.89. The summed E-state index contributed by atoms with van der Waals surface area (Å²) in [6.07, 6.45) is 0. The van der Waals surface area contributed by atoms with Crippen LogP contribution in [-0.2, 0) is 9.53 Å². The van der Waals surface area contributed by atoms with E-state index in [9.17, 15) is 22.8 Å². The molecule has 0 fully saturated rings. The second kappa shape index (κ2) is 7.15. The zero-order chi connectivity index (χ0) is 17.0. The lowest BCUT2D eigenvalue weighted by Gasteiger charge is -2.08. The van der Waals surface area contributed by atoms with Crippen molar-refractivity contribution in [3.63, 3.8) is 0 Å². The summed E-state index contributed by atoms with van der Waals surface area (Å²) in [4.78, 5) is 23.3. The Bertz CT molecular complexity index is 768. The molecule has 2 aromatic carbocycles. The summed E-state index contributed by atoms with van der Waals surface area (Å²) in [6.45, 7) is -0.748. The highest BCUT2D eigenvalue weighted by Crippen LogP contribution is 2.18. The monoisotopic (exact) mass is 343 g/mol. The first-order valence-corrected chi connectivity index (χ1v) is 6.61. The summed E-state index contributed by atoms with van der Waals surface area (Å²) in [5.74, 6) is -4.04. The fourth-order valence-electron chi connectivity index (χ4n) is 1.64. The van der Waals surface area contributed by atoms with E-state index in [0.29, 0.717) is 0 Å². The maximum absolute atomic E-state index is 13.3. The van der Waals surface area contributed by atoms with Gasteiger partial charge in [-0.15, -0.1) is 0 Å². The zero-order valence-electron chi connectivity index (χ0n) is 11.4. The third-order valence-corrected chi connectivity index (χ3v) is 3.00. The highest BCUT2D eigenvalue weighted by atomic mass is 35.5. The molecule has 2 aromatic rings. The van der Waals surface area contributed by atoms with Crippen LogP contribution in [0.25, 0.3) is 0 Å². The lowest BCUT2D eigenvalue weighted by molar-refractivity contribution is -0.119. The Morgan fingerprint density at radius 2 is 1.70 bits per heavy atom. The number of carbonyl (C=O) groups is 2. The van der Waals surface area contributed by atoms with E-state index in [4.69, 9.17) is 11.6 Å². The van der Waals surface area contributed by atoms with Crippen LogP contribution in [0.2, 0.25) is 5.02 Å². The Labute approximate surface area is 133 Å². The van der Waals surface area contributed by atoms with Crippen molar-refractivity contribution in [1.29, 1.82) is 0 Å². The van der Waals surface area contributed by atoms with Crippen LogP contribution in [0.15, 0.2) is 36.4 Å². The normalized spacial score (nSPS) is 10.3. The average Bonchev–Trinajstić information content (AvgIpc) is 2.48. The molecular weight excluding hydrogens is 335 g/mol. The van der Waals surface area contributed by atoms with Crippen molar-refractivity contribution in [2.45, 2.75) is 0 Å². The van der Waals surface area contributed by atoms with E-state index in [2.05, 4.69) is 10.1 Å². The highest BCUT2D eigenvalue weighted by Gasteiger charge is 2.15. The van der Waals surface area contributed by atoms with Crippen LogP contribution in [-0.4, -0.2) is 18.5 Å². The van der Waals surface area contributed by atoms with E-state index < -0.39 is 35.9 Å². The molecule has 120 valence electrons. The molecule has 0 bridgehead atoms. The molecule has 0 saturated heterocycles. The van der Waals surface area contributed by atoms with Crippen LogP contribution in [0, 0.1) is 17.5 Å². The molecule has 0 aromatic heterocycles. The van der Waals surface area contributed by atoms with Gasteiger partial charge in [0.05, 0.1) is 16.3 Å². The minimum Gasteiger partial charge on any atom is -0.452 e. The molecule has 8 heteroatoms. The Morgan fingerprint density at radius 3 is 2.39 bits per heavy atom. The summed E-state index contributed by atoms with van der Waals surface area (Å²) in [7, 11) is 0. The molecule has 1 amide bonds. The molecule has 1 N–H and O–H groups in total.